The lowest BCUT2D eigenvalue weighted by Gasteiger charge is -2.46. The molecule has 0 bridgehead atoms. The number of carboxylic acids is 2. The Hall–Kier alpha value is -2.78. The van der Waals surface area contributed by atoms with Crippen LogP contribution in [0.15, 0.2) is 60.7 Å². The molecule has 0 spiro atoms. The summed E-state index contributed by atoms with van der Waals surface area (Å²) in [6.45, 7) is 0. The van der Waals surface area contributed by atoms with Gasteiger partial charge in [-0.2, -0.15) is 0 Å². The Morgan fingerprint density at radius 2 is 0.964 bits per heavy atom. The van der Waals surface area contributed by atoms with Gasteiger partial charge in [-0.3, -0.25) is 0 Å². The average molecular weight is 386 g/mol. The lowest BCUT2D eigenvalue weighted by Crippen LogP contribution is -2.61. The largest absolute Gasteiger partial charge is 0.479 e. The van der Waals surface area contributed by atoms with Crippen molar-refractivity contribution in [3.8, 4) is 0 Å². The number of hydrogen-bond donors (Lipinski definition) is 2. The molecule has 0 saturated carbocycles. The molecule has 2 N–H and O–H groups in total. The summed E-state index contributed by atoms with van der Waals surface area (Å²) in [7, 11) is 0. The minimum Gasteiger partial charge on any atom is -0.479 e. The summed E-state index contributed by atoms with van der Waals surface area (Å²) in [5.74, 6) is -2.53. The fourth-order valence-electron chi connectivity index (χ4n) is 3.34. The van der Waals surface area contributed by atoms with Crippen LogP contribution in [0.4, 0.5) is 0 Å². The monoisotopic (exact) mass is 386 g/mol. The van der Waals surface area contributed by atoms with Gasteiger partial charge in [-0.15, -0.1) is 0 Å². The van der Waals surface area contributed by atoms with Crippen LogP contribution in [0, 0.1) is 0 Å². The molecule has 0 amide bonds. The number of aliphatic carboxylic acids is 2. The Balaban J connectivity index is 1.67. The molecule has 2 fully saturated rings. The van der Waals surface area contributed by atoms with E-state index in [1.807, 2.05) is 0 Å². The van der Waals surface area contributed by atoms with Crippen molar-refractivity contribution in [2.45, 2.75) is 37.0 Å². The summed E-state index contributed by atoms with van der Waals surface area (Å²) in [5.41, 5.74) is 1.14. The Morgan fingerprint density at radius 3 is 1.29 bits per heavy atom. The van der Waals surface area contributed by atoms with Gasteiger partial charge in [-0.1, -0.05) is 60.7 Å². The van der Waals surface area contributed by atoms with Crippen LogP contribution >= 0.6 is 0 Å². The molecule has 2 aromatic carbocycles. The Kier molecular flexibility index (Phi) is 5.10. The standard InChI is InChI=1S/C20H18O8/c21-17(22)15-14-13(25-19(27-15)11-7-3-1-4-8-11)16(18(23)24)28-20(26-14)12-9-5-2-6-10-12/h1-10,13-16,19-20H,(H,21,22)(H,23,24)/t13-,14+,15-,16+,19-,20+. The molecular weight excluding hydrogens is 368 g/mol. The fourth-order valence-corrected chi connectivity index (χ4v) is 3.34. The van der Waals surface area contributed by atoms with E-state index in [2.05, 4.69) is 0 Å². The minimum absolute atomic E-state index is 0.571. The third-order valence-electron chi connectivity index (χ3n) is 4.65. The Morgan fingerprint density at radius 1 is 0.607 bits per heavy atom. The molecule has 8 nitrogen and oxygen atoms in total. The molecule has 0 radical (unpaired) electrons. The lowest BCUT2D eigenvalue weighted by molar-refractivity contribution is -0.373. The van der Waals surface area contributed by atoms with Crippen molar-refractivity contribution in [2.24, 2.45) is 0 Å². The van der Waals surface area contributed by atoms with E-state index >= 15 is 0 Å². The molecule has 8 heteroatoms. The first-order valence-corrected chi connectivity index (χ1v) is 8.72. The van der Waals surface area contributed by atoms with Crippen molar-refractivity contribution in [3.63, 3.8) is 0 Å². The molecule has 146 valence electrons. The molecule has 2 aliphatic rings. The van der Waals surface area contributed by atoms with Crippen molar-refractivity contribution < 1.29 is 38.7 Å². The topological polar surface area (TPSA) is 112 Å². The molecular formula is C20H18O8. The maximum atomic E-state index is 11.9. The van der Waals surface area contributed by atoms with Gasteiger partial charge in [0.15, 0.2) is 24.8 Å². The summed E-state index contributed by atoms with van der Waals surface area (Å²) in [4.78, 5) is 23.7. The van der Waals surface area contributed by atoms with Gasteiger partial charge in [-0.25, -0.2) is 9.59 Å². The average Bonchev–Trinajstić information content (AvgIpc) is 2.73. The molecule has 2 aromatic rings. The van der Waals surface area contributed by atoms with Crippen molar-refractivity contribution in [1.29, 1.82) is 0 Å². The number of benzene rings is 2. The first kappa shape index (κ1) is 18.6. The molecule has 0 aromatic heterocycles. The van der Waals surface area contributed by atoms with E-state index < -0.39 is 48.9 Å². The number of carbonyl (C=O) groups is 2. The number of rotatable bonds is 4. The fraction of sp³-hybridized carbons (Fsp3) is 0.300. The first-order valence-electron chi connectivity index (χ1n) is 8.72. The van der Waals surface area contributed by atoms with Gasteiger partial charge in [0.2, 0.25) is 0 Å². The van der Waals surface area contributed by atoms with Crippen molar-refractivity contribution in [2.75, 3.05) is 0 Å². The van der Waals surface area contributed by atoms with E-state index in [4.69, 9.17) is 18.9 Å². The van der Waals surface area contributed by atoms with Gasteiger partial charge in [0.05, 0.1) is 0 Å². The smallest absolute Gasteiger partial charge is 0.335 e. The molecule has 2 saturated heterocycles. The second kappa shape index (κ2) is 7.69. The molecule has 0 unspecified atom stereocenters. The zero-order valence-electron chi connectivity index (χ0n) is 14.6. The first-order chi connectivity index (χ1) is 13.5. The number of carboxylic acid groups (broad SMARTS) is 2. The third-order valence-corrected chi connectivity index (χ3v) is 4.65. The van der Waals surface area contributed by atoms with Gasteiger partial charge in [-0.05, 0) is 0 Å². The molecule has 6 atom stereocenters. The van der Waals surface area contributed by atoms with Crippen LogP contribution in [0.2, 0.25) is 0 Å². The summed E-state index contributed by atoms with van der Waals surface area (Å²) in [5, 5.41) is 19.3. The van der Waals surface area contributed by atoms with E-state index in [0.29, 0.717) is 11.1 Å². The van der Waals surface area contributed by atoms with E-state index in [-0.39, 0.29) is 0 Å². The highest BCUT2D eigenvalue weighted by atomic mass is 16.8. The van der Waals surface area contributed by atoms with Crippen LogP contribution in [0.5, 0.6) is 0 Å². The van der Waals surface area contributed by atoms with Gasteiger partial charge >= 0.3 is 11.9 Å². The zero-order chi connectivity index (χ0) is 19.7. The lowest BCUT2D eigenvalue weighted by atomic mass is 9.98. The maximum Gasteiger partial charge on any atom is 0.335 e. The Bertz CT molecular complexity index is 768. The predicted molar refractivity (Wildman–Crippen MR) is 93.1 cm³/mol. The number of fused-ring (bicyclic) bond motifs is 1. The third kappa shape index (κ3) is 3.50. The second-order valence-electron chi connectivity index (χ2n) is 6.48. The van der Waals surface area contributed by atoms with Gasteiger partial charge in [0, 0.05) is 11.1 Å². The van der Waals surface area contributed by atoms with Crippen LogP contribution < -0.4 is 0 Å². The van der Waals surface area contributed by atoms with Crippen molar-refractivity contribution in [3.05, 3.63) is 71.8 Å². The van der Waals surface area contributed by atoms with Crippen LogP contribution in [0.1, 0.15) is 23.7 Å². The highest BCUT2D eigenvalue weighted by Gasteiger charge is 2.54. The van der Waals surface area contributed by atoms with E-state index in [0.717, 1.165) is 0 Å². The normalized spacial score (nSPS) is 32.3. The summed E-state index contributed by atoms with van der Waals surface area (Å²) >= 11 is 0. The van der Waals surface area contributed by atoms with Crippen LogP contribution in [0.25, 0.3) is 0 Å². The minimum atomic E-state index is -1.42. The molecule has 28 heavy (non-hydrogen) atoms. The quantitative estimate of drug-likeness (QED) is 0.822. The van der Waals surface area contributed by atoms with Gasteiger partial charge in [0.25, 0.3) is 0 Å². The summed E-state index contributed by atoms with van der Waals surface area (Å²) < 4.78 is 22.8. The van der Waals surface area contributed by atoms with Crippen LogP contribution in [-0.4, -0.2) is 46.6 Å². The second-order valence-corrected chi connectivity index (χ2v) is 6.48. The van der Waals surface area contributed by atoms with E-state index in [1.165, 1.54) is 0 Å². The number of hydrogen-bond acceptors (Lipinski definition) is 6. The van der Waals surface area contributed by atoms with Crippen molar-refractivity contribution in [1.82, 2.24) is 0 Å². The van der Waals surface area contributed by atoms with E-state index in [1.54, 1.807) is 60.7 Å². The molecule has 2 aliphatic heterocycles. The number of ether oxygens (including phenoxy) is 4. The molecule has 0 aliphatic carbocycles. The summed E-state index contributed by atoms with van der Waals surface area (Å²) in [6, 6.07) is 17.4. The van der Waals surface area contributed by atoms with Gasteiger partial charge in [0.1, 0.15) is 12.2 Å². The van der Waals surface area contributed by atoms with E-state index in [9.17, 15) is 19.8 Å². The highest BCUT2D eigenvalue weighted by Crippen LogP contribution is 2.40. The van der Waals surface area contributed by atoms with Crippen LogP contribution in [-0.2, 0) is 28.5 Å². The Labute approximate surface area is 160 Å². The zero-order valence-corrected chi connectivity index (χ0v) is 14.6. The predicted octanol–water partition coefficient (Wildman–Crippen LogP) is 2.12. The molecule has 2 heterocycles. The maximum absolute atomic E-state index is 11.9. The highest BCUT2D eigenvalue weighted by molar-refractivity contribution is 5.76. The van der Waals surface area contributed by atoms with Crippen molar-refractivity contribution >= 4 is 11.9 Å². The van der Waals surface area contributed by atoms with Crippen LogP contribution in [0.3, 0.4) is 0 Å². The molecule has 4 rings (SSSR count). The van der Waals surface area contributed by atoms with Gasteiger partial charge < -0.3 is 29.2 Å². The summed E-state index contributed by atoms with van der Waals surface area (Å²) in [6.07, 6.45) is -7.24. The SMILES string of the molecule is O=C(O)[C@H]1O[C@@H](c2ccccc2)O[C@H]2[C@H]1O[C@@H](c1ccccc1)O[C@H]2C(=O)O.